The lowest BCUT2D eigenvalue weighted by Crippen LogP contribution is -2.15. The SMILES string of the molecule is Cc1cc(Br)cc(C)c1S(=O)(=O)Nc1ccc2oc(=O)ccc2c1. The molecule has 0 aliphatic carbocycles. The molecule has 0 unspecified atom stereocenters. The smallest absolute Gasteiger partial charge is 0.336 e. The Hall–Kier alpha value is -2.12. The molecule has 0 bridgehead atoms. The Kier molecular flexibility index (Phi) is 4.23. The van der Waals surface area contributed by atoms with Crippen LogP contribution in [-0.2, 0) is 10.0 Å². The predicted octanol–water partition coefficient (Wildman–Crippen LogP) is 3.97. The van der Waals surface area contributed by atoms with E-state index in [4.69, 9.17) is 4.42 Å². The van der Waals surface area contributed by atoms with Gasteiger partial charge in [-0.2, -0.15) is 0 Å². The van der Waals surface area contributed by atoms with Gasteiger partial charge in [-0.15, -0.1) is 0 Å². The fraction of sp³-hybridized carbons (Fsp3) is 0.118. The van der Waals surface area contributed by atoms with Gasteiger partial charge in [-0.1, -0.05) is 15.9 Å². The van der Waals surface area contributed by atoms with Crippen LogP contribution in [0.3, 0.4) is 0 Å². The van der Waals surface area contributed by atoms with Crippen LogP contribution >= 0.6 is 15.9 Å². The van der Waals surface area contributed by atoms with E-state index in [1.54, 1.807) is 50.2 Å². The van der Waals surface area contributed by atoms with Crippen LogP contribution < -0.4 is 10.3 Å². The molecule has 1 N–H and O–H groups in total. The van der Waals surface area contributed by atoms with Crippen molar-refractivity contribution >= 4 is 42.6 Å². The number of sulfonamides is 1. The van der Waals surface area contributed by atoms with E-state index in [2.05, 4.69) is 20.7 Å². The van der Waals surface area contributed by atoms with Gasteiger partial charge in [-0.25, -0.2) is 13.2 Å². The molecule has 0 saturated carbocycles. The van der Waals surface area contributed by atoms with Crippen LogP contribution in [0.1, 0.15) is 11.1 Å². The van der Waals surface area contributed by atoms with Gasteiger partial charge in [-0.05, 0) is 61.4 Å². The van der Waals surface area contributed by atoms with Crippen molar-refractivity contribution in [2.24, 2.45) is 0 Å². The molecule has 24 heavy (non-hydrogen) atoms. The van der Waals surface area contributed by atoms with E-state index in [1.165, 1.54) is 6.07 Å². The summed E-state index contributed by atoms with van der Waals surface area (Å²) in [6, 6.07) is 11.2. The second kappa shape index (κ2) is 6.07. The highest BCUT2D eigenvalue weighted by atomic mass is 79.9. The number of nitrogens with one attached hydrogen (secondary N) is 1. The Labute approximate surface area is 147 Å². The van der Waals surface area contributed by atoms with Crippen LogP contribution in [0.15, 0.2) is 61.0 Å². The van der Waals surface area contributed by atoms with Gasteiger partial charge in [0.15, 0.2) is 0 Å². The summed E-state index contributed by atoms with van der Waals surface area (Å²) < 4.78 is 33.9. The molecule has 0 fully saturated rings. The molecule has 0 aliphatic heterocycles. The van der Waals surface area contributed by atoms with Gasteiger partial charge >= 0.3 is 5.63 Å². The number of aryl methyl sites for hydroxylation is 2. The highest BCUT2D eigenvalue weighted by molar-refractivity contribution is 9.10. The number of hydrogen-bond acceptors (Lipinski definition) is 4. The van der Waals surface area contributed by atoms with Crippen molar-refractivity contribution in [1.82, 2.24) is 0 Å². The molecule has 5 nitrogen and oxygen atoms in total. The molecule has 0 amide bonds. The fourth-order valence-corrected chi connectivity index (χ4v) is 4.85. The maximum atomic E-state index is 12.7. The van der Waals surface area contributed by atoms with E-state index < -0.39 is 15.6 Å². The van der Waals surface area contributed by atoms with Crippen molar-refractivity contribution in [3.05, 3.63) is 68.5 Å². The lowest BCUT2D eigenvalue weighted by Gasteiger charge is -2.13. The van der Waals surface area contributed by atoms with Crippen LogP contribution in [0, 0.1) is 13.8 Å². The van der Waals surface area contributed by atoms with E-state index in [-0.39, 0.29) is 4.90 Å². The Bertz CT molecular complexity index is 1080. The first-order chi connectivity index (χ1) is 11.3. The third-order valence-corrected chi connectivity index (χ3v) is 5.71. The summed E-state index contributed by atoms with van der Waals surface area (Å²) >= 11 is 3.36. The van der Waals surface area contributed by atoms with Gasteiger partial charge in [0.1, 0.15) is 5.58 Å². The minimum Gasteiger partial charge on any atom is -0.423 e. The Morgan fingerprint density at radius 2 is 1.67 bits per heavy atom. The zero-order chi connectivity index (χ0) is 17.5. The van der Waals surface area contributed by atoms with E-state index >= 15 is 0 Å². The van der Waals surface area contributed by atoms with Crippen LogP contribution in [-0.4, -0.2) is 8.42 Å². The summed E-state index contributed by atoms with van der Waals surface area (Å²) in [7, 11) is -3.73. The van der Waals surface area contributed by atoms with Crippen LogP contribution in [0.2, 0.25) is 0 Å². The van der Waals surface area contributed by atoms with Gasteiger partial charge in [0.2, 0.25) is 0 Å². The van der Waals surface area contributed by atoms with Crippen molar-refractivity contribution in [2.75, 3.05) is 4.72 Å². The topological polar surface area (TPSA) is 76.4 Å². The average molecular weight is 408 g/mol. The molecule has 0 saturated heterocycles. The summed E-state index contributed by atoms with van der Waals surface area (Å²) in [6.45, 7) is 3.50. The first-order valence-corrected chi connectivity index (χ1v) is 9.37. The van der Waals surface area contributed by atoms with Crippen LogP contribution in [0.4, 0.5) is 5.69 Å². The Morgan fingerprint density at radius 1 is 1.00 bits per heavy atom. The van der Waals surface area contributed by atoms with Crippen molar-refractivity contribution in [3.8, 4) is 0 Å². The highest BCUT2D eigenvalue weighted by Crippen LogP contribution is 2.27. The largest absolute Gasteiger partial charge is 0.423 e. The normalized spacial score (nSPS) is 11.6. The summed E-state index contributed by atoms with van der Waals surface area (Å²) in [6.07, 6.45) is 0. The monoisotopic (exact) mass is 407 g/mol. The third-order valence-electron chi connectivity index (χ3n) is 3.57. The molecule has 1 aromatic heterocycles. The molecule has 3 aromatic rings. The maximum Gasteiger partial charge on any atom is 0.336 e. The molecule has 7 heteroatoms. The molecule has 1 heterocycles. The van der Waals surface area contributed by atoms with Crippen molar-refractivity contribution in [1.29, 1.82) is 0 Å². The highest BCUT2D eigenvalue weighted by Gasteiger charge is 2.20. The zero-order valence-electron chi connectivity index (χ0n) is 13.0. The number of halogens is 1. The summed E-state index contributed by atoms with van der Waals surface area (Å²) in [5.74, 6) is 0. The van der Waals surface area contributed by atoms with Gasteiger partial charge in [0.25, 0.3) is 10.0 Å². The zero-order valence-corrected chi connectivity index (χ0v) is 15.4. The van der Waals surface area contributed by atoms with Crippen LogP contribution in [0.5, 0.6) is 0 Å². The minimum absolute atomic E-state index is 0.255. The molecule has 2 aromatic carbocycles. The number of hydrogen-bond donors (Lipinski definition) is 1. The second-order valence-corrected chi connectivity index (χ2v) is 8.02. The number of anilines is 1. The van der Waals surface area contributed by atoms with Crippen LogP contribution in [0.25, 0.3) is 11.0 Å². The Morgan fingerprint density at radius 3 is 2.33 bits per heavy atom. The van der Waals surface area contributed by atoms with Gasteiger partial charge in [0, 0.05) is 21.6 Å². The van der Waals surface area contributed by atoms with Gasteiger partial charge < -0.3 is 4.42 Å². The average Bonchev–Trinajstić information content (AvgIpc) is 2.45. The van der Waals surface area contributed by atoms with Gasteiger partial charge in [-0.3, -0.25) is 4.72 Å². The predicted molar refractivity (Wildman–Crippen MR) is 96.9 cm³/mol. The first-order valence-electron chi connectivity index (χ1n) is 7.10. The third kappa shape index (κ3) is 3.22. The summed E-state index contributed by atoms with van der Waals surface area (Å²) in [4.78, 5) is 11.5. The van der Waals surface area contributed by atoms with Crippen molar-refractivity contribution in [2.45, 2.75) is 18.7 Å². The molecule has 0 radical (unpaired) electrons. The fourth-order valence-electron chi connectivity index (χ4n) is 2.66. The van der Waals surface area contributed by atoms with Gasteiger partial charge in [0.05, 0.1) is 4.90 Å². The molecular weight excluding hydrogens is 394 g/mol. The van der Waals surface area contributed by atoms with E-state index in [1.807, 2.05) is 0 Å². The first kappa shape index (κ1) is 16.7. The number of fused-ring (bicyclic) bond motifs is 1. The molecule has 0 atom stereocenters. The van der Waals surface area contributed by atoms with E-state index in [0.717, 1.165) is 4.47 Å². The molecule has 0 spiro atoms. The lowest BCUT2D eigenvalue weighted by atomic mass is 10.2. The number of rotatable bonds is 3. The number of benzene rings is 2. The lowest BCUT2D eigenvalue weighted by molar-refractivity contribution is 0.561. The summed E-state index contributed by atoms with van der Waals surface area (Å²) in [5.41, 5.74) is 1.67. The molecule has 124 valence electrons. The van der Waals surface area contributed by atoms with Crippen molar-refractivity contribution < 1.29 is 12.8 Å². The summed E-state index contributed by atoms with van der Waals surface area (Å²) in [5, 5.41) is 0.638. The standard InChI is InChI=1S/C17H14BrNO4S/c1-10-7-13(18)8-11(2)17(10)24(21,22)19-14-4-5-15-12(9-14)3-6-16(20)23-15/h3-9,19H,1-2H3. The molecule has 0 aliphatic rings. The maximum absolute atomic E-state index is 12.7. The van der Waals surface area contributed by atoms with E-state index in [0.29, 0.717) is 27.8 Å². The quantitative estimate of drug-likeness (QED) is 0.666. The molecular formula is C17H14BrNO4S. The Balaban J connectivity index is 2.04. The van der Waals surface area contributed by atoms with E-state index in [9.17, 15) is 13.2 Å². The van der Waals surface area contributed by atoms with Crippen molar-refractivity contribution in [3.63, 3.8) is 0 Å². The second-order valence-electron chi connectivity index (χ2n) is 5.48. The molecule has 3 rings (SSSR count). The minimum atomic E-state index is -3.73.